The maximum Gasteiger partial charge on any atom is 0.321 e. The SMILES string of the molecule is CC[C@H](C)NC(=O)NC(=O)CSc1ncnc2sc(-c3ccccc3)cc12. The molecular weight excluding hydrogens is 380 g/mol. The van der Waals surface area contributed by atoms with Crippen molar-refractivity contribution in [3.63, 3.8) is 0 Å². The van der Waals surface area contributed by atoms with Gasteiger partial charge in [0.25, 0.3) is 0 Å². The maximum absolute atomic E-state index is 12.0. The maximum atomic E-state index is 12.0. The van der Waals surface area contributed by atoms with E-state index in [0.29, 0.717) is 0 Å². The van der Waals surface area contributed by atoms with E-state index in [0.717, 1.165) is 32.1 Å². The summed E-state index contributed by atoms with van der Waals surface area (Å²) in [4.78, 5) is 34.4. The molecule has 3 rings (SSSR count). The van der Waals surface area contributed by atoms with Gasteiger partial charge in [-0.15, -0.1) is 11.3 Å². The molecule has 8 heteroatoms. The molecule has 3 amide bonds. The molecule has 27 heavy (non-hydrogen) atoms. The molecule has 1 atom stereocenters. The summed E-state index contributed by atoms with van der Waals surface area (Å²) in [5, 5.41) is 6.70. The largest absolute Gasteiger partial charge is 0.335 e. The number of aromatic nitrogens is 2. The molecule has 1 aromatic carbocycles. The van der Waals surface area contributed by atoms with Crippen molar-refractivity contribution in [2.45, 2.75) is 31.3 Å². The fourth-order valence-corrected chi connectivity index (χ4v) is 4.19. The van der Waals surface area contributed by atoms with Crippen molar-refractivity contribution in [3.05, 3.63) is 42.7 Å². The van der Waals surface area contributed by atoms with Crippen LogP contribution in [0.25, 0.3) is 20.7 Å². The number of urea groups is 1. The fraction of sp³-hybridized carbons (Fsp3) is 0.263. The summed E-state index contributed by atoms with van der Waals surface area (Å²) in [6.07, 6.45) is 2.31. The number of hydrogen-bond donors (Lipinski definition) is 2. The average Bonchev–Trinajstić information content (AvgIpc) is 3.11. The third-order valence-corrected chi connectivity index (χ3v) is 6.03. The Labute approximate surface area is 165 Å². The second-order valence-electron chi connectivity index (χ2n) is 5.99. The fourth-order valence-electron chi connectivity index (χ4n) is 2.35. The van der Waals surface area contributed by atoms with E-state index in [2.05, 4.69) is 20.6 Å². The molecule has 0 aliphatic heterocycles. The molecule has 0 unspecified atom stereocenters. The monoisotopic (exact) mass is 400 g/mol. The van der Waals surface area contributed by atoms with Crippen LogP contribution in [-0.4, -0.2) is 33.7 Å². The number of carbonyl (C=O) groups excluding carboxylic acids is 2. The highest BCUT2D eigenvalue weighted by Gasteiger charge is 2.14. The number of benzene rings is 1. The molecule has 0 aliphatic carbocycles. The van der Waals surface area contributed by atoms with Gasteiger partial charge >= 0.3 is 6.03 Å². The number of fused-ring (bicyclic) bond motifs is 1. The molecule has 0 fully saturated rings. The minimum absolute atomic E-state index is 0.0224. The second-order valence-corrected chi connectivity index (χ2v) is 7.99. The normalized spacial score (nSPS) is 11.9. The minimum Gasteiger partial charge on any atom is -0.335 e. The summed E-state index contributed by atoms with van der Waals surface area (Å²) in [7, 11) is 0. The zero-order valence-electron chi connectivity index (χ0n) is 15.1. The number of thiophene rings is 1. The molecule has 2 heterocycles. The van der Waals surface area contributed by atoms with Gasteiger partial charge in [0.1, 0.15) is 16.2 Å². The molecule has 0 saturated heterocycles. The first kappa shape index (κ1) is 19.3. The predicted molar refractivity (Wildman–Crippen MR) is 110 cm³/mol. The molecular formula is C19H20N4O2S2. The van der Waals surface area contributed by atoms with Gasteiger partial charge in [-0.2, -0.15) is 0 Å². The van der Waals surface area contributed by atoms with Gasteiger partial charge in [-0.1, -0.05) is 49.0 Å². The summed E-state index contributed by atoms with van der Waals surface area (Å²) in [5.41, 5.74) is 1.12. The number of carbonyl (C=O) groups is 2. The van der Waals surface area contributed by atoms with E-state index in [4.69, 9.17) is 0 Å². The Morgan fingerprint density at radius 1 is 1.22 bits per heavy atom. The molecule has 3 aromatic rings. The second kappa shape index (κ2) is 8.96. The van der Waals surface area contributed by atoms with Gasteiger partial charge in [0, 0.05) is 16.3 Å². The van der Waals surface area contributed by atoms with Crippen LogP contribution in [0.5, 0.6) is 0 Å². The summed E-state index contributed by atoms with van der Waals surface area (Å²) >= 11 is 2.89. The molecule has 0 spiro atoms. The molecule has 0 bridgehead atoms. The number of hydrogen-bond acceptors (Lipinski definition) is 6. The summed E-state index contributed by atoms with van der Waals surface area (Å²) in [6, 6.07) is 11.7. The van der Waals surface area contributed by atoms with Crippen LogP contribution < -0.4 is 10.6 Å². The van der Waals surface area contributed by atoms with Gasteiger partial charge in [-0.05, 0) is 25.0 Å². The predicted octanol–water partition coefficient (Wildman–Crippen LogP) is 4.07. The Hall–Kier alpha value is -2.45. The quantitative estimate of drug-likeness (QED) is 0.481. The minimum atomic E-state index is -0.468. The number of amides is 3. The molecule has 140 valence electrons. The van der Waals surface area contributed by atoms with E-state index in [1.165, 1.54) is 18.1 Å². The lowest BCUT2D eigenvalue weighted by molar-refractivity contribution is -0.117. The zero-order valence-corrected chi connectivity index (χ0v) is 16.7. The molecule has 6 nitrogen and oxygen atoms in total. The van der Waals surface area contributed by atoms with E-state index in [1.54, 1.807) is 11.3 Å². The van der Waals surface area contributed by atoms with Crippen LogP contribution in [0.15, 0.2) is 47.8 Å². The number of nitrogens with zero attached hydrogens (tertiary/aromatic N) is 2. The van der Waals surface area contributed by atoms with Gasteiger partial charge in [-0.3, -0.25) is 10.1 Å². The molecule has 0 saturated carbocycles. The standard InChI is InChI=1S/C19H20N4O2S2/c1-3-12(2)22-19(25)23-16(24)10-26-17-14-9-15(13-7-5-4-6-8-13)27-18(14)21-11-20-17/h4-9,11-12H,3,10H2,1-2H3,(H2,22,23,24,25)/t12-/m0/s1. The Kier molecular flexibility index (Phi) is 6.41. The molecule has 0 aliphatic rings. The Bertz CT molecular complexity index is 943. The highest BCUT2D eigenvalue weighted by Crippen LogP contribution is 2.35. The van der Waals surface area contributed by atoms with E-state index < -0.39 is 6.03 Å². The molecule has 0 radical (unpaired) electrons. The molecule has 2 N–H and O–H groups in total. The van der Waals surface area contributed by atoms with Crippen molar-refractivity contribution in [2.24, 2.45) is 0 Å². The van der Waals surface area contributed by atoms with Gasteiger partial charge < -0.3 is 5.32 Å². The number of rotatable bonds is 6. The number of nitrogens with one attached hydrogen (secondary N) is 2. The van der Waals surface area contributed by atoms with E-state index in [9.17, 15) is 9.59 Å². The van der Waals surface area contributed by atoms with Gasteiger partial charge in [0.15, 0.2) is 0 Å². The summed E-state index contributed by atoms with van der Waals surface area (Å²) in [5.74, 6) is -0.248. The van der Waals surface area contributed by atoms with Crippen molar-refractivity contribution < 1.29 is 9.59 Å². The van der Waals surface area contributed by atoms with Crippen molar-refractivity contribution in [3.8, 4) is 10.4 Å². The Morgan fingerprint density at radius 3 is 2.74 bits per heavy atom. The first-order valence-corrected chi connectivity index (χ1v) is 10.4. The van der Waals surface area contributed by atoms with Crippen LogP contribution >= 0.6 is 23.1 Å². The van der Waals surface area contributed by atoms with Crippen LogP contribution in [0.1, 0.15) is 20.3 Å². The van der Waals surface area contributed by atoms with Gasteiger partial charge in [-0.25, -0.2) is 14.8 Å². The molecule has 2 aromatic heterocycles. The summed E-state index contributed by atoms with van der Waals surface area (Å²) < 4.78 is 0. The Morgan fingerprint density at radius 2 is 2.00 bits per heavy atom. The average molecular weight is 401 g/mol. The van der Waals surface area contributed by atoms with Crippen molar-refractivity contribution in [2.75, 3.05) is 5.75 Å². The van der Waals surface area contributed by atoms with E-state index in [-0.39, 0.29) is 17.7 Å². The van der Waals surface area contributed by atoms with Crippen LogP contribution in [0, 0.1) is 0 Å². The highest BCUT2D eigenvalue weighted by atomic mass is 32.2. The highest BCUT2D eigenvalue weighted by molar-refractivity contribution is 8.00. The van der Waals surface area contributed by atoms with E-state index in [1.807, 2.05) is 50.2 Å². The van der Waals surface area contributed by atoms with Crippen LogP contribution in [0.4, 0.5) is 4.79 Å². The van der Waals surface area contributed by atoms with Crippen molar-refractivity contribution >= 4 is 45.3 Å². The van der Waals surface area contributed by atoms with Gasteiger partial charge in [0.05, 0.1) is 5.75 Å². The van der Waals surface area contributed by atoms with Gasteiger partial charge in [0.2, 0.25) is 5.91 Å². The van der Waals surface area contributed by atoms with Crippen LogP contribution in [-0.2, 0) is 4.79 Å². The van der Waals surface area contributed by atoms with E-state index >= 15 is 0 Å². The third-order valence-electron chi connectivity index (χ3n) is 3.93. The van der Waals surface area contributed by atoms with Crippen LogP contribution in [0.2, 0.25) is 0 Å². The van der Waals surface area contributed by atoms with Crippen LogP contribution in [0.3, 0.4) is 0 Å². The lowest BCUT2D eigenvalue weighted by atomic mass is 10.2. The lowest BCUT2D eigenvalue weighted by Gasteiger charge is -2.11. The van der Waals surface area contributed by atoms with Crippen molar-refractivity contribution in [1.82, 2.24) is 20.6 Å². The zero-order chi connectivity index (χ0) is 19.2. The van der Waals surface area contributed by atoms with Crippen molar-refractivity contribution in [1.29, 1.82) is 0 Å². The number of imide groups is 1. The number of thioether (sulfide) groups is 1. The topological polar surface area (TPSA) is 84.0 Å². The first-order chi connectivity index (χ1) is 13.1. The third kappa shape index (κ3) is 5.05. The first-order valence-electron chi connectivity index (χ1n) is 8.60. The Balaban J connectivity index is 1.67. The summed E-state index contributed by atoms with van der Waals surface area (Å²) in [6.45, 7) is 3.85. The smallest absolute Gasteiger partial charge is 0.321 e. The lowest BCUT2D eigenvalue weighted by Crippen LogP contribution is -2.43.